The number of esters is 1. The van der Waals surface area contributed by atoms with Crippen molar-refractivity contribution in [2.75, 3.05) is 39.4 Å². The summed E-state index contributed by atoms with van der Waals surface area (Å²) < 4.78 is 10.6. The standard InChI is InChI=1S/C18H25ClN2O4/c1-2-24-18(23)14-4-3-10-21(12-14)13-17(22)20-9-11-25-16-7-5-15(19)6-8-16/h5-8,14H,2-4,9-13H2,1H3,(H,20,22)/t14-/m1/s1. The molecular formula is C18H25ClN2O4. The summed E-state index contributed by atoms with van der Waals surface area (Å²) in [6.45, 7) is 4.70. The van der Waals surface area contributed by atoms with Gasteiger partial charge in [-0.3, -0.25) is 14.5 Å². The number of nitrogens with zero attached hydrogens (tertiary/aromatic N) is 1. The van der Waals surface area contributed by atoms with Crippen molar-refractivity contribution in [3.05, 3.63) is 29.3 Å². The van der Waals surface area contributed by atoms with Crippen LogP contribution >= 0.6 is 11.6 Å². The predicted octanol–water partition coefficient (Wildman–Crippen LogP) is 2.11. The van der Waals surface area contributed by atoms with E-state index in [1.165, 1.54) is 0 Å². The highest BCUT2D eigenvalue weighted by molar-refractivity contribution is 6.30. The fourth-order valence-corrected chi connectivity index (χ4v) is 2.93. The molecule has 0 aliphatic carbocycles. The predicted molar refractivity (Wildman–Crippen MR) is 95.8 cm³/mol. The highest BCUT2D eigenvalue weighted by atomic mass is 35.5. The Hall–Kier alpha value is -1.79. The van der Waals surface area contributed by atoms with Crippen molar-refractivity contribution in [2.24, 2.45) is 5.92 Å². The maximum atomic E-state index is 12.0. The minimum absolute atomic E-state index is 0.0655. The number of amides is 1. The molecule has 1 aliphatic rings. The number of likely N-dealkylation sites (tertiary alicyclic amines) is 1. The molecule has 1 aromatic rings. The van der Waals surface area contributed by atoms with Crippen LogP contribution < -0.4 is 10.1 Å². The van der Waals surface area contributed by atoms with Gasteiger partial charge >= 0.3 is 5.97 Å². The molecule has 1 N–H and O–H groups in total. The molecule has 1 aliphatic heterocycles. The lowest BCUT2D eigenvalue weighted by molar-refractivity contribution is -0.150. The smallest absolute Gasteiger partial charge is 0.310 e. The van der Waals surface area contributed by atoms with Crippen LogP contribution in [0.3, 0.4) is 0 Å². The first kappa shape index (κ1) is 19.5. The first-order valence-corrected chi connectivity index (χ1v) is 9.00. The van der Waals surface area contributed by atoms with Gasteiger partial charge in [0, 0.05) is 11.6 Å². The Morgan fingerprint density at radius 3 is 2.80 bits per heavy atom. The maximum Gasteiger partial charge on any atom is 0.310 e. The van der Waals surface area contributed by atoms with Crippen molar-refractivity contribution in [1.82, 2.24) is 10.2 Å². The van der Waals surface area contributed by atoms with Crippen molar-refractivity contribution in [2.45, 2.75) is 19.8 Å². The van der Waals surface area contributed by atoms with Gasteiger partial charge in [-0.15, -0.1) is 0 Å². The van der Waals surface area contributed by atoms with Crippen LogP contribution in [0.15, 0.2) is 24.3 Å². The molecule has 0 saturated carbocycles. The molecule has 0 radical (unpaired) electrons. The van der Waals surface area contributed by atoms with Crippen LogP contribution in [0.5, 0.6) is 5.75 Å². The molecule has 7 heteroatoms. The molecular weight excluding hydrogens is 344 g/mol. The van der Waals surface area contributed by atoms with Gasteiger partial charge in [0.25, 0.3) is 0 Å². The zero-order valence-corrected chi connectivity index (χ0v) is 15.3. The first-order valence-electron chi connectivity index (χ1n) is 8.62. The Balaban J connectivity index is 1.64. The van der Waals surface area contributed by atoms with Gasteiger partial charge in [0.05, 0.1) is 25.6 Å². The summed E-state index contributed by atoms with van der Waals surface area (Å²) in [6, 6.07) is 7.08. The van der Waals surface area contributed by atoms with E-state index < -0.39 is 0 Å². The topological polar surface area (TPSA) is 67.9 Å². The van der Waals surface area contributed by atoms with Gasteiger partial charge in [0.1, 0.15) is 12.4 Å². The lowest BCUT2D eigenvalue weighted by Gasteiger charge is -2.30. The molecule has 0 unspecified atom stereocenters. The van der Waals surface area contributed by atoms with Crippen LogP contribution in [0.1, 0.15) is 19.8 Å². The Labute approximate surface area is 153 Å². The average Bonchev–Trinajstić information content (AvgIpc) is 2.61. The summed E-state index contributed by atoms with van der Waals surface area (Å²) >= 11 is 5.81. The van der Waals surface area contributed by atoms with Crippen molar-refractivity contribution in [1.29, 1.82) is 0 Å². The monoisotopic (exact) mass is 368 g/mol. The van der Waals surface area contributed by atoms with Gasteiger partial charge in [-0.25, -0.2) is 0 Å². The summed E-state index contributed by atoms with van der Waals surface area (Å²) in [7, 11) is 0. The summed E-state index contributed by atoms with van der Waals surface area (Å²) in [5.74, 6) is 0.356. The van der Waals surface area contributed by atoms with Gasteiger partial charge in [-0.2, -0.15) is 0 Å². The second kappa shape index (κ2) is 10.3. The van der Waals surface area contributed by atoms with E-state index in [2.05, 4.69) is 5.32 Å². The van der Waals surface area contributed by atoms with Crippen molar-refractivity contribution in [3.8, 4) is 5.75 Å². The zero-order chi connectivity index (χ0) is 18.1. The summed E-state index contributed by atoms with van der Waals surface area (Å²) in [6.07, 6.45) is 1.72. The van der Waals surface area contributed by atoms with E-state index in [1.54, 1.807) is 31.2 Å². The Bertz CT molecular complexity index is 565. The van der Waals surface area contributed by atoms with E-state index >= 15 is 0 Å². The Morgan fingerprint density at radius 1 is 1.32 bits per heavy atom. The number of rotatable bonds is 8. The lowest BCUT2D eigenvalue weighted by atomic mass is 9.98. The van der Waals surface area contributed by atoms with Gasteiger partial charge in [-0.05, 0) is 50.6 Å². The summed E-state index contributed by atoms with van der Waals surface area (Å²) in [4.78, 5) is 25.8. The summed E-state index contributed by atoms with van der Waals surface area (Å²) in [5, 5.41) is 3.49. The third-order valence-electron chi connectivity index (χ3n) is 4.00. The minimum atomic E-state index is -0.163. The fourth-order valence-electron chi connectivity index (χ4n) is 2.80. The number of ether oxygens (including phenoxy) is 2. The van der Waals surface area contributed by atoms with E-state index in [0.29, 0.717) is 37.1 Å². The van der Waals surface area contributed by atoms with Crippen molar-refractivity contribution < 1.29 is 19.1 Å². The quantitative estimate of drug-likeness (QED) is 0.562. The molecule has 6 nitrogen and oxygen atoms in total. The van der Waals surface area contributed by atoms with E-state index in [4.69, 9.17) is 21.1 Å². The maximum absolute atomic E-state index is 12.0. The van der Waals surface area contributed by atoms with Crippen molar-refractivity contribution in [3.63, 3.8) is 0 Å². The molecule has 0 aromatic heterocycles. The molecule has 2 rings (SSSR count). The average molecular weight is 369 g/mol. The third-order valence-corrected chi connectivity index (χ3v) is 4.25. The molecule has 0 bridgehead atoms. The number of benzene rings is 1. The van der Waals surface area contributed by atoms with Crippen LogP contribution in [0.4, 0.5) is 0 Å². The molecule has 1 fully saturated rings. The number of hydrogen-bond acceptors (Lipinski definition) is 5. The largest absolute Gasteiger partial charge is 0.492 e. The van der Waals surface area contributed by atoms with E-state index in [1.807, 2.05) is 4.90 Å². The number of carbonyl (C=O) groups excluding carboxylic acids is 2. The van der Waals surface area contributed by atoms with Crippen LogP contribution in [0, 0.1) is 5.92 Å². The number of piperidine rings is 1. The van der Waals surface area contributed by atoms with E-state index in [-0.39, 0.29) is 24.3 Å². The molecule has 1 amide bonds. The van der Waals surface area contributed by atoms with Gasteiger partial charge in [0.2, 0.25) is 5.91 Å². The molecule has 1 heterocycles. The van der Waals surface area contributed by atoms with Crippen molar-refractivity contribution >= 4 is 23.5 Å². The molecule has 25 heavy (non-hydrogen) atoms. The van der Waals surface area contributed by atoms with E-state index in [0.717, 1.165) is 19.4 Å². The van der Waals surface area contributed by atoms with Crippen LogP contribution in [-0.4, -0.2) is 56.2 Å². The minimum Gasteiger partial charge on any atom is -0.492 e. The normalized spacial score (nSPS) is 17.8. The summed E-state index contributed by atoms with van der Waals surface area (Å²) in [5.41, 5.74) is 0. The Morgan fingerprint density at radius 2 is 2.08 bits per heavy atom. The number of carbonyl (C=O) groups is 2. The second-order valence-corrected chi connectivity index (χ2v) is 6.42. The van der Waals surface area contributed by atoms with Gasteiger partial charge < -0.3 is 14.8 Å². The highest BCUT2D eigenvalue weighted by Gasteiger charge is 2.27. The first-order chi connectivity index (χ1) is 12.1. The molecule has 138 valence electrons. The number of hydrogen-bond donors (Lipinski definition) is 1. The SMILES string of the molecule is CCOC(=O)[C@@H]1CCCN(CC(=O)NCCOc2ccc(Cl)cc2)C1. The van der Waals surface area contributed by atoms with Crippen LogP contribution in [0.2, 0.25) is 5.02 Å². The Kier molecular flexibility index (Phi) is 8.01. The van der Waals surface area contributed by atoms with E-state index in [9.17, 15) is 9.59 Å². The fraction of sp³-hybridized carbons (Fsp3) is 0.556. The number of halogens is 1. The zero-order valence-electron chi connectivity index (χ0n) is 14.5. The molecule has 1 aromatic carbocycles. The molecule has 1 saturated heterocycles. The third kappa shape index (κ3) is 6.92. The lowest BCUT2D eigenvalue weighted by Crippen LogP contribution is -2.45. The van der Waals surface area contributed by atoms with Gasteiger partial charge in [-0.1, -0.05) is 11.6 Å². The molecule has 0 spiro atoms. The van der Waals surface area contributed by atoms with Crippen LogP contribution in [-0.2, 0) is 14.3 Å². The highest BCUT2D eigenvalue weighted by Crippen LogP contribution is 2.17. The van der Waals surface area contributed by atoms with Gasteiger partial charge in [0.15, 0.2) is 0 Å². The number of nitrogens with one attached hydrogen (secondary N) is 1. The van der Waals surface area contributed by atoms with Crippen LogP contribution in [0.25, 0.3) is 0 Å². The molecule has 1 atom stereocenters. The second-order valence-electron chi connectivity index (χ2n) is 5.98.